The number of hydrogen-bond acceptors (Lipinski definition) is 4. The molecule has 6 nitrogen and oxygen atoms in total. The molecule has 0 spiro atoms. The number of nitrogens with two attached hydrogens (primary N) is 1. The second-order valence-corrected chi connectivity index (χ2v) is 4.69. The zero-order chi connectivity index (χ0) is 13.8. The lowest BCUT2D eigenvalue weighted by atomic mass is 10.2. The Bertz CT molecular complexity index is 435. The highest BCUT2D eigenvalue weighted by molar-refractivity contribution is 5.93. The topological polar surface area (TPSA) is 93.4 Å². The molecule has 0 saturated heterocycles. The summed E-state index contributed by atoms with van der Waals surface area (Å²) in [5.41, 5.74) is 10.6. The van der Waals surface area contributed by atoms with Gasteiger partial charge in [0.15, 0.2) is 0 Å². The number of carbonyl (C=O) groups is 2. The van der Waals surface area contributed by atoms with Crippen LogP contribution in [0.15, 0.2) is 24.3 Å². The Hall–Kier alpha value is -2.24. The van der Waals surface area contributed by atoms with E-state index in [-0.39, 0.29) is 0 Å². The average molecular weight is 251 g/mol. The predicted octanol–water partition coefficient (Wildman–Crippen LogP) is 1.64. The second kappa shape index (κ2) is 5.39. The van der Waals surface area contributed by atoms with E-state index >= 15 is 0 Å². The lowest BCUT2D eigenvalue weighted by molar-refractivity contribution is 0.0541. The van der Waals surface area contributed by atoms with Gasteiger partial charge in [-0.3, -0.25) is 10.2 Å². The number of carbonyl (C=O) groups excluding carboxylic acids is 2. The van der Waals surface area contributed by atoms with Gasteiger partial charge >= 0.3 is 6.09 Å². The molecule has 0 aromatic heterocycles. The minimum Gasteiger partial charge on any atom is -0.443 e. The molecule has 2 amide bonds. The molecule has 0 aliphatic carbocycles. The van der Waals surface area contributed by atoms with Gasteiger partial charge in [0.25, 0.3) is 0 Å². The highest BCUT2D eigenvalue weighted by atomic mass is 16.6. The van der Waals surface area contributed by atoms with E-state index in [1.165, 1.54) is 0 Å². The number of anilines is 1. The molecule has 6 heteroatoms. The number of rotatable bonds is 3. The summed E-state index contributed by atoms with van der Waals surface area (Å²) in [5.74, 6) is -0.498. The van der Waals surface area contributed by atoms with Crippen LogP contribution in [-0.2, 0) is 4.74 Å². The molecule has 1 aromatic carbocycles. The van der Waals surface area contributed by atoms with Crippen LogP contribution in [-0.4, -0.2) is 17.6 Å². The number of nitrogens with one attached hydrogen (secondary N) is 2. The molecule has 0 atom stereocenters. The van der Waals surface area contributed by atoms with Crippen LogP contribution in [0.3, 0.4) is 0 Å². The lowest BCUT2D eigenvalue weighted by Gasteiger charge is -2.20. The van der Waals surface area contributed by atoms with Crippen molar-refractivity contribution in [2.45, 2.75) is 26.4 Å². The molecule has 1 rings (SSSR count). The Morgan fingerprint density at radius 2 is 1.72 bits per heavy atom. The van der Waals surface area contributed by atoms with Gasteiger partial charge < -0.3 is 10.5 Å². The molecule has 0 aliphatic heterocycles. The van der Waals surface area contributed by atoms with Crippen molar-refractivity contribution in [2.24, 2.45) is 5.73 Å². The van der Waals surface area contributed by atoms with E-state index in [1.54, 1.807) is 45.0 Å². The van der Waals surface area contributed by atoms with Crippen LogP contribution >= 0.6 is 0 Å². The third kappa shape index (κ3) is 4.73. The van der Waals surface area contributed by atoms with E-state index in [1.807, 2.05) is 0 Å². The van der Waals surface area contributed by atoms with Gasteiger partial charge in [-0.05, 0) is 45.0 Å². The first-order valence-electron chi connectivity index (χ1n) is 5.43. The maximum atomic E-state index is 11.3. The van der Waals surface area contributed by atoms with Gasteiger partial charge in [0.1, 0.15) is 5.60 Å². The van der Waals surface area contributed by atoms with Gasteiger partial charge in [-0.15, -0.1) is 0 Å². The lowest BCUT2D eigenvalue weighted by Crippen LogP contribution is -2.35. The van der Waals surface area contributed by atoms with Crippen molar-refractivity contribution in [1.82, 2.24) is 5.43 Å². The highest BCUT2D eigenvalue weighted by Crippen LogP contribution is 2.09. The summed E-state index contributed by atoms with van der Waals surface area (Å²) < 4.78 is 5.03. The largest absolute Gasteiger partial charge is 0.443 e. The molecule has 0 radical (unpaired) electrons. The molecule has 0 saturated carbocycles. The van der Waals surface area contributed by atoms with Crippen LogP contribution in [0.1, 0.15) is 31.1 Å². The summed E-state index contributed by atoms with van der Waals surface area (Å²) in [6.07, 6.45) is -0.582. The molecule has 0 aliphatic rings. The zero-order valence-electron chi connectivity index (χ0n) is 10.6. The summed E-state index contributed by atoms with van der Waals surface area (Å²) in [4.78, 5) is 22.2. The average Bonchev–Trinajstić information content (AvgIpc) is 2.24. The number of ether oxygens (including phenoxy) is 1. The molecular formula is C12H17N3O3. The molecule has 0 bridgehead atoms. The molecular weight excluding hydrogens is 234 g/mol. The minimum absolute atomic E-state index is 0.401. The molecule has 0 fully saturated rings. The van der Waals surface area contributed by atoms with Gasteiger partial charge in [0.05, 0.1) is 5.69 Å². The Morgan fingerprint density at radius 3 is 2.17 bits per heavy atom. The number of hydrazine groups is 1. The molecule has 98 valence electrons. The fourth-order valence-corrected chi connectivity index (χ4v) is 1.14. The summed E-state index contributed by atoms with van der Waals surface area (Å²) in [6, 6.07) is 6.36. The SMILES string of the molecule is CC(C)(C)OC(=O)NNc1ccc(C(N)=O)cc1. The smallest absolute Gasteiger partial charge is 0.426 e. The van der Waals surface area contributed by atoms with Crippen molar-refractivity contribution in [1.29, 1.82) is 0 Å². The number of hydrogen-bond donors (Lipinski definition) is 3. The first kappa shape index (κ1) is 13.8. The Labute approximate surface area is 105 Å². The van der Waals surface area contributed by atoms with Crippen LogP contribution in [0.2, 0.25) is 0 Å². The molecule has 0 unspecified atom stereocenters. The van der Waals surface area contributed by atoms with Crippen LogP contribution < -0.4 is 16.6 Å². The molecule has 18 heavy (non-hydrogen) atoms. The quantitative estimate of drug-likeness (QED) is 0.712. The third-order valence-corrected chi connectivity index (χ3v) is 1.88. The first-order valence-corrected chi connectivity index (χ1v) is 5.43. The highest BCUT2D eigenvalue weighted by Gasteiger charge is 2.15. The van der Waals surface area contributed by atoms with Gasteiger partial charge in [-0.25, -0.2) is 10.2 Å². The molecule has 0 heterocycles. The number of benzene rings is 1. The minimum atomic E-state index is -0.582. The van der Waals surface area contributed by atoms with Gasteiger partial charge in [0, 0.05) is 5.56 Å². The Kier molecular flexibility index (Phi) is 4.14. The fraction of sp³-hybridized carbons (Fsp3) is 0.333. The van der Waals surface area contributed by atoms with Crippen molar-refractivity contribution in [3.63, 3.8) is 0 Å². The van der Waals surface area contributed by atoms with Crippen molar-refractivity contribution in [2.75, 3.05) is 5.43 Å². The monoisotopic (exact) mass is 251 g/mol. The number of amides is 2. The van der Waals surface area contributed by atoms with Crippen molar-refractivity contribution >= 4 is 17.7 Å². The fourth-order valence-electron chi connectivity index (χ4n) is 1.14. The third-order valence-electron chi connectivity index (χ3n) is 1.88. The number of primary amides is 1. The molecule has 4 N–H and O–H groups in total. The predicted molar refractivity (Wildman–Crippen MR) is 68.0 cm³/mol. The van der Waals surface area contributed by atoms with Crippen LogP contribution in [0.4, 0.5) is 10.5 Å². The van der Waals surface area contributed by atoms with E-state index in [0.29, 0.717) is 11.3 Å². The van der Waals surface area contributed by atoms with Crippen LogP contribution in [0.25, 0.3) is 0 Å². The second-order valence-electron chi connectivity index (χ2n) is 4.69. The van der Waals surface area contributed by atoms with E-state index in [0.717, 1.165) is 0 Å². The molecule has 1 aromatic rings. The maximum Gasteiger partial charge on any atom is 0.426 e. The van der Waals surface area contributed by atoms with Crippen molar-refractivity contribution in [3.8, 4) is 0 Å². The van der Waals surface area contributed by atoms with E-state index in [4.69, 9.17) is 10.5 Å². The zero-order valence-corrected chi connectivity index (χ0v) is 10.6. The standard InChI is InChI=1S/C12H17N3O3/c1-12(2,3)18-11(17)15-14-9-6-4-8(5-7-9)10(13)16/h4-7,14H,1-3H3,(H2,13,16)(H,15,17). The summed E-state index contributed by atoms with van der Waals surface area (Å²) in [6.45, 7) is 5.32. The maximum absolute atomic E-state index is 11.3. The Morgan fingerprint density at radius 1 is 1.17 bits per heavy atom. The summed E-state index contributed by atoms with van der Waals surface area (Å²) in [7, 11) is 0. The van der Waals surface area contributed by atoms with E-state index in [9.17, 15) is 9.59 Å². The first-order chi connectivity index (χ1) is 8.28. The summed E-state index contributed by atoms with van der Waals surface area (Å²) >= 11 is 0. The van der Waals surface area contributed by atoms with Crippen molar-refractivity contribution < 1.29 is 14.3 Å². The summed E-state index contributed by atoms with van der Waals surface area (Å²) in [5, 5.41) is 0. The normalized spacial score (nSPS) is 10.6. The van der Waals surface area contributed by atoms with Crippen LogP contribution in [0, 0.1) is 0 Å². The van der Waals surface area contributed by atoms with Crippen LogP contribution in [0.5, 0.6) is 0 Å². The van der Waals surface area contributed by atoms with Gasteiger partial charge in [-0.1, -0.05) is 0 Å². The van der Waals surface area contributed by atoms with E-state index < -0.39 is 17.6 Å². The van der Waals surface area contributed by atoms with Gasteiger partial charge in [0.2, 0.25) is 5.91 Å². The van der Waals surface area contributed by atoms with Crippen molar-refractivity contribution in [3.05, 3.63) is 29.8 Å². The van der Waals surface area contributed by atoms with E-state index in [2.05, 4.69) is 10.9 Å². The Balaban J connectivity index is 2.49. The van der Waals surface area contributed by atoms with Gasteiger partial charge in [-0.2, -0.15) is 0 Å².